The highest BCUT2D eigenvalue weighted by molar-refractivity contribution is 5.37. The summed E-state index contributed by atoms with van der Waals surface area (Å²) >= 11 is 0. The van der Waals surface area contributed by atoms with E-state index in [9.17, 15) is 4.39 Å². The minimum atomic E-state index is -1.38. The van der Waals surface area contributed by atoms with Crippen molar-refractivity contribution in [3.8, 4) is 0 Å². The Kier molecular flexibility index (Phi) is 2.31. The van der Waals surface area contributed by atoms with Crippen LogP contribution in [0.5, 0.6) is 0 Å². The van der Waals surface area contributed by atoms with Crippen molar-refractivity contribution in [3.05, 3.63) is 34.9 Å². The zero-order chi connectivity index (χ0) is 10.2. The van der Waals surface area contributed by atoms with E-state index in [0.717, 1.165) is 18.4 Å². The molecule has 14 heavy (non-hydrogen) atoms. The normalized spacial score (nSPS) is 19.1. The summed E-state index contributed by atoms with van der Waals surface area (Å²) in [4.78, 5) is 0. The third-order valence-corrected chi connectivity index (χ3v) is 3.08. The van der Waals surface area contributed by atoms with Crippen LogP contribution in [0.4, 0.5) is 4.39 Å². The van der Waals surface area contributed by atoms with Crippen molar-refractivity contribution in [2.45, 2.75) is 31.9 Å². The summed E-state index contributed by atoms with van der Waals surface area (Å²) < 4.78 is 13.9. The third-order valence-electron chi connectivity index (χ3n) is 3.08. The number of fused-ring (bicyclic) bond motifs is 1. The molecular weight excluding hydrogens is 177 g/mol. The van der Waals surface area contributed by atoms with Gasteiger partial charge in [-0.05, 0) is 42.9 Å². The predicted molar refractivity (Wildman–Crippen MR) is 56.0 cm³/mol. The van der Waals surface area contributed by atoms with E-state index in [1.54, 1.807) is 6.92 Å². The highest BCUT2D eigenvalue weighted by Gasteiger charge is 2.25. The Morgan fingerprint density at radius 2 is 2.07 bits per heavy atom. The molecular formula is C12H16FN. The number of aryl methyl sites for hydroxylation is 2. The fourth-order valence-electron chi connectivity index (χ4n) is 2.01. The van der Waals surface area contributed by atoms with Gasteiger partial charge in [-0.3, -0.25) is 0 Å². The molecule has 0 spiro atoms. The first kappa shape index (κ1) is 9.66. The smallest absolute Gasteiger partial charge is 0.145 e. The molecule has 0 aromatic heterocycles. The molecule has 1 aliphatic rings. The van der Waals surface area contributed by atoms with Crippen molar-refractivity contribution < 1.29 is 4.39 Å². The van der Waals surface area contributed by atoms with Gasteiger partial charge in [0, 0.05) is 6.54 Å². The van der Waals surface area contributed by atoms with Crippen LogP contribution in [-0.2, 0) is 18.5 Å². The lowest BCUT2D eigenvalue weighted by Crippen LogP contribution is -2.26. The molecule has 2 N–H and O–H groups in total. The molecule has 76 valence electrons. The van der Waals surface area contributed by atoms with Crippen LogP contribution in [0, 0.1) is 0 Å². The number of hydrogen-bond acceptors (Lipinski definition) is 1. The zero-order valence-electron chi connectivity index (χ0n) is 8.52. The second kappa shape index (κ2) is 3.35. The molecule has 1 aromatic carbocycles. The summed E-state index contributed by atoms with van der Waals surface area (Å²) in [6.45, 7) is 1.59. The number of hydrogen-bond donors (Lipinski definition) is 1. The Hall–Kier alpha value is -0.890. The van der Waals surface area contributed by atoms with E-state index in [2.05, 4.69) is 0 Å². The van der Waals surface area contributed by atoms with E-state index in [0.29, 0.717) is 0 Å². The summed E-state index contributed by atoms with van der Waals surface area (Å²) in [5.74, 6) is 0. The zero-order valence-corrected chi connectivity index (χ0v) is 8.52. The number of halogens is 1. The summed E-state index contributed by atoms with van der Waals surface area (Å²) in [5, 5.41) is 0. The fraction of sp³-hybridized carbons (Fsp3) is 0.500. The first-order valence-electron chi connectivity index (χ1n) is 5.15. The van der Waals surface area contributed by atoms with Gasteiger partial charge < -0.3 is 5.73 Å². The van der Waals surface area contributed by atoms with Gasteiger partial charge in [-0.15, -0.1) is 0 Å². The van der Waals surface area contributed by atoms with Crippen molar-refractivity contribution in [1.82, 2.24) is 0 Å². The van der Waals surface area contributed by atoms with Gasteiger partial charge in [0.05, 0.1) is 0 Å². The van der Waals surface area contributed by atoms with E-state index in [1.807, 2.05) is 18.2 Å². The van der Waals surface area contributed by atoms with Gasteiger partial charge >= 0.3 is 0 Å². The largest absolute Gasteiger partial charge is 0.327 e. The van der Waals surface area contributed by atoms with Crippen molar-refractivity contribution >= 4 is 0 Å². The van der Waals surface area contributed by atoms with Gasteiger partial charge in [0.2, 0.25) is 0 Å². The molecule has 1 nitrogen and oxygen atoms in total. The quantitative estimate of drug-likeness (QED) is 0.766. The second-order valence-electron chi connectivity index (χ2n) is 4.24. The van der Waals surface area contributed by atoms with Crippen molar-refractivity contribution in [2.24, 2.45) is 5.73 Å². The molecule has 0 saturated heterocycles. The maximum Gasteiger partial charge on any atom is 0.145 e. The monoisotopic (exact) mass is 193 g/mol. The standard InChI is InChI=1S/C12H16FN/c1-12(13,8-14)11-6-5-9-3-2-4-10(9)7-11/h5-7H,2-4,8,14H2,1H3. The summed E-state index contributed by atoms with van der Waals surface area (Å²) in [5.41, 5.74) is 7.44. The average molecular weight is 193 g/mol. The van der Waals surface area contributed by atoms with Crippen molar-refractivity contribution in [2.75, 3.05) is 6.54 Å². The number of benzene rings is 1. The van der Waals surface area contributed by atoms with E-state index >= 15 is 0 Å². The Morgan fingerprint density at radius 3 is 2.79 bits per heavy atom. The highest BCUT2D eigenvalue weighted by atomic mass is 19.1. The van der Waals surface area contributed by atoms with Crippen molar-refractivity contribution in [3.63, 3.8) is 0 Å². The second-order valence-corrected chi connectivity index (χ2v) is 4.24. The molecule has 0 radical (unpaired) electrons. The van der Waals surface area contributed by atoms with E-state index in [-0.39, 0.29) is 6.54 Å². The Morgan fingerprint density at radius 1 is 1.36 bits per heavy atom. The number of nitrogens with two attached hydrogens (primary N) is 1. The van der Waals surface area contributed by atoms with Gasteiger partial charge in [0.25, 0.3) is 0 Å². The lowest BCUT2D eigenvalue weighted by atomic mass is 9.95. The predicted octanol–water partition coefficient (Wildman–Crippen LogP) is 2.32. The Labute approximate surface area is 84.1 Å². The van der Waals surface area contributed by atoms with Crippen molar-refractivity contribution in [1.29, 1.82) is 0 Å². The van der Waals surface area contributed by atoms with Crippen LogP contribution in [0.15, 0.2) is 18.2 Å². The first-order valence-corrected chi connectivity index (χ1v) is 5.15. The molecule has 0 aliphatic heterocycles. The molecule has 0 heterocycles. The molecule has 0 amide bonds. The van der Waals surface area contributed by atoms with Crippen LogP contribution in [0.1, 0.15) is 30.0 Å². The summed E-state index contributed by atoms with van der Waals surface area (Å²) in [6.07, 6.45) is 3.43. The molecule has 0 fully saturated rings. The first-order chi connectivity index (χ1) is 6.63. The Bertz CT molecular complexity index is 344. The van der Waals surface area contributed by atoms with E-state index in [1.165, 1.54) is 17.5 Å². The van der Waals surface area contributed by atoms with E-state index < -0.39 is 5.67 Å². The maximum atomic E-state index is 13.9. The Balaban J connectivity index is 2.38. The number of alkyl halides is 1. The van der Waals surface area contributed by atoms with Gasteiger partial charge in [0.1, 0.15) is 5.67 Å². The van der Waals surface area contributed by atoms with Crippen LogP contribution in [-0.4, -0.2) is 6.54 Å². The maximum absolute atomic E-state index is 13.9. The molecule has 2 heteroatoms. The molecule has 1 unspecified atom stereocenters. The van der Waals surface area contributed by atoms with E-state index in [4.69, 9.17) is 5.73 Å². The van der Waals surface area contributed by atoms with Crippen LogP contribution in [0.2, 0.25) is 0 Å². The van der Waals surface area contributed by atoms with Gasteiger partial charge in [-0.2, -0.15) is 0 Å². The van der Waals surface area contributed by atoms with Crippen LogP contribution in [0.25, 0.3) is 0 Å². The summed E-state index contributed by atoms with van der Waals surface area (Å²) in [7, 11) is 0. The average Bonchev–Trinajstić information content (AvgIpc) is 2.64. The minimum absolute atomic E-state index is 0.0474. The topological polar surface area (TPSA) is 26.0 Å². The lowest BCUT2D eigenvalue weighted by Gasteiger charge is -2.19. The minimum Gasteiger partial charge on any atom is -0.327 e. The van der Waals surface area contributed by atoms with Crippen LogP contribution >= 0.6 is 0 Å². The highest BCUT2D eigenvalue weighted by Crippen LogP contribution is 2.29. The fourth-order valence-corrected chi connectivity index (χ4v) is 2.01. The van der Waals surface area contributed by atoms with Gasteiger partial charge in [-0.25, -0.2) is 4.39 Å². The van der Waals surface area contributed by atoms with Gasteiger partial charge in [-0.1, -0.05) is 18.2 Å². The molecule has 1 aromatic rings. The number of rotatable bonds is 2. The van der Waals surface area contributed by atoms with Crippen LogP contribution in [0.3, 0.4) is 0 Å². The summed E-state index contributed by atoms with van der Waals surface area (Å²) in [6, 6.07) is 5.90. The van der Waals surface area contributed by atoms with Gasteiger partial charge in [0.15, 0.2) is 0 Å². The molecule has 0 saturated carbocycles. The lowest BCUT2D eigenvalue weighted by molar-refractivity contribution is 0.203. The van der Waals surface area contributed by atoms with Crippen LogP contribution < -0.4 is 5.73 Å². The molecule has 1 aliphatic carbocycles. The molecule has 0 bridgehead atoms. The third kappa shape index (κ3) is 1.55. The molecule has 1 atom stereocenters. The molecule has 2 rings (SSSR count). The SMILES string of the molecule is CC(F)(CN)c1ccc2c(c1)CCC2.